The molecular weight excluding hydrogens is 236 g/mol. The Labute approximate surface area is 107 Å². The van der Waals surface area contributed by atoms with E-state index in [0.717, 1.165) is 12.2 Å². The van der Waals surface area contributed by atoms with E-state index in [-0.39, 0.29) is 12.5 Å². The summed E-state index contributed by atoms with van der Waals surface area (Å²) in [4.78, 5) is 12.7. The first-order valence-electron chi connectivity index (χ1n) is 5.96. The number of hydrogen-bond acceptors (Lipinski definition) is 5. The summed E-state index contributed by atoms with van der Waals surface area (Å²) in [7, 11) is 1.59. The van der Waals surface area contributed by atoms with Gasteiger partial charge in [0.1, 0.15) is 6.61 Å². The second-order valence-corrected chi connectivity index (χ2v) is 4.23. The second-order valence-electron chi connectivity index (χ2n) is 4.23. The van der Waals surface area contributed by atoms with E-state index in [0.29, 0.717) is 18.9 Å². The molecule has 102 valence electrons. The summed E-state index contributed by atoms with van der Waals surface area (Å²) in [6.45, 7) is 5.63. The molecule has 0 aliphatic rings. The van der Waals surface area contributed by atoms with Crippen LogP contribution in [-0.4, -0.2) is 40.8 Å². The number of nitrogens with zero attached hydrogens (tertiary/aromatic N) is 2. The van der Waals surface area contributed by atoms with E-state index >= 15 is 0 Å². The van der Waals surface area contributed by atoms with Gasteiger partial charge >= 0.3 is 5.97 Å². The van der Waals surface area contributed by atoms with Gasteiger partial charge in [-0.2, -0.15) is 0 Å². The molecule has 0 aliphatic heterocycles. The maximum atomic E-state index is 10.7. The van der Waals surface area contributed by atoms with E-state index < -0.39 is 5.97 Å². The van der Waals surface area contributed by atoms with Crippen molar-refractivity contribution in [2.75, 3.05) is 13.7 Å². The van der Waals surface area contributed by atoms with Crippen molar-refractivity contribution in [1.29, 1.82) is 0 Å². The molecule has 6 nitrogen and oxygen atoms in total. The van der Waals surface area contributed by atoms with E-state index in [1.807, 2.05) is 24.8 Å². The first kappa shape index (κ1) is 14.7. The van der Waals surface area contributed by atoms with E-state index in [1.165, 1.54) is 0 Å². The van der Waals surface area contributed by atoms with Crippen LogP contribution in [0.25, 0.3) is 0 Å². The number of carboxylic acids is 1. The van der Waals surface area contributed by atoms with Gasteiger partial charge < -0.3 is 14.4 Å². The third-order valence-corrected chi connectivity index (χ3v) is 2.76. The number of carbonyl (C=O) groups is 1. The monoisotopic (exact) mass is 256 g/mol. The Morgan fingerprint density at radius 1 is 1.67 bits per heavy atom. The minimum absolute atomic E-state index is 0.0323. The molecule has 1 unspecified atom stereocenters. The van der Waals surface area contributed by atoms with Gasteiger partial charge in [0.05, 0.1) is 12.1 Å². The van der Waals surface area contributed by atoms with Crippen LogP contribution in [0.15, 0.2) is 10.6 Å². The Bertz CT molecular complexity index is 378. The van der Waals surface area contributed by atoms with Crippen LogP contribution in [0.4, 0.5) is 0 Å². The summed E-state index contributed by atoms with van der Waals surface area (Å²) in [6.07, 6.45) is 0.122. The van der Waals surface area contributed by atoms with Crippen molar-refractivity contribution in [2.24, 2.45) is 0 Å². The normalized spacial score (nSPS) is 12.9. The predicted octanol–water partition coefficient (Wildman–Crippen LogP) is 1.51. The van der Waals surface area contributed by atoms with Crippen molar-refractivity contribution in [2.45, 2.75) is 39.5 Å². The number of hydrogen-bond donors (Lipinski definition) is 1. The lowest BCUT2D eigenvalue weighted by Gasteiger charge is -2.25. The summed E-state index contributed by atoms with van der Waals surface area (Å²) in [5, 5.41) is 12.7. The molecule has 1 aromatic heterocycles. The van der Waals surface area contributed by atoms with Gasteiger partial charge in [-0.15, -0.1) is 0 Å². The number of carboxylic acid groups (broad SMARTS) is 1. The molecule has 1 N–H and O–H groups in total. The first-order chi connectivity index (χ1) is 8.56. The molecule has 0 fully saturated rings. The highest BCUT2D eigenvalue weighted by Gasteiger charge is 2.17. The SMILES string of the molecule is CCN(Cc1cc(COC)on1)C(C)CC(=O)O. The number of rotatable bonds is 8. The minimum atomic E-state index is -0.791. The molecule has 0 saturated carbocycles. The largest absolute Gasteiger partial charge is 0.481 e. The van der Waals surface area contributed by atoms with E-state index in [2.05, 4.69) is 5.16 Å². The van der Waals surface area contributed by atoms with Gasteiger partial charge in [-0.05, 0) is 13.5 Å². The minimum Gasteiger partial charge on any atom is -0.481 e. The number of ether oxygens (including phenoxy) is 1. The van der Waals surface area contributed by atoms with Gasteiger partial charge in [0.15, 0.2) is 5.76 Å². The fourth-order valence-electron chi connectivity index (χ4n) is 1.81. The van der Waals surface area contributed by atoms with Crippen LogP contribution in [0.3, 0.4) is 0 Å². The molecule has 0 radical (unpaired) electrons. The van der Waals surface area contributed by atoms with Gasteiger partial charge in [-0.3, -0.25) is 9.69 Å². The molecule has 0 amide bonds. The number of methoxy groups -OCH3 is 1. The third-order valence-electron chi connectivity index (χ3n) is 2.76. The topological polar surface area (TPSA) is 75.8 Å². The average molecular weight is 256 g/mol. The summed E-state index contributed by atoms with van der Waals surface area (Å²) in [6, 6.07) is 1.80. The standard InChI is InChI=1S/C12H20N2O4/c1-4-14(9(2)5-12(15)16)7-10-6-11(8-17-3)18-13-10/h6,9H,4-5,7-8H2,1-3H3,(H,15,16). The van der Waals surface area contributed by atoms with E-state index in [4.69, 9.17) is 14.4 Å². The van der Waals surface area contributed by atoms with Crippen LogP contribution in [0, 0.1) is 0 Å². The van der Waals surface area contributed by atoms with Crippen molar-refractivity contribution in [3.05, 3.63) is 17.5 Å². The lowest BCUT2D eigenvalue weighted by atomic mass is 10.2. The molecule has 6 heteroatoms. The lowest BCUT2D eigenvalue weighted by molar-refractivity contribution is -0.138. The highest BCUT2D eigenvalue weighted by molar-refractivity contribution is 5.67. The average Bonchev–Trinajstić information content (AvgIpc) is 2.73. The summed E-state index contributed by atoms with van der Waals surface area (Å²) >= 11 is 0. The molecular formula is C12H20N2O4. The van der Waals surface area contributed by atoms with Crippen LogP contribution < -0.4 is 0 Å². The Hall–Kier alpha value is -1.40. The molecule has 1 aromatic rings. The van der Waals surface area contributed by atoms with Gasteiger partial charge in [0.2, 0.25) is 0 Å². The highest BCUT2D eigenvalue weighted by Crippen LogP contribution is 2.11. The fraction of sp³-hybridized carbons (Fsp3) is 0.667. The first-order valence-corrected chi connectivity index (χ1v) is 5.96. The molecule has 18 heavy (non-hydrogen) atoms. The zero-order valence-corrected chi connectivity index (χ0v) is 11.0. The lowest BCUT2D eigenvalue weighted by Crippen LogP contribution is -2.34. The maximum Gasteiger partial charge on any atom is 0.304 e. The molecule has 1 rings (SSSR count). The van der Waals surface area contributed by atoms with Crippen molar-refractivity contribution >= 4 is 5.97 Å². The Kier molecular flexibility index (Phi) is 5.80. The molecule has 1 heterocycles. The smallest absolute Gasteiger partial charge is 0.304 e. The molecule has 0 saturated heterocycles. The summed E-state index contributed by atoms with van der Waals surface area (Å²) in [5.41, 5.74) is 0.793. The van der Waals surface area contributed by atoms with E-state index in [1.54, 1.807) is 7.11 Å². The molecule has 0 aromatic carbocycles. The van der Waals surface area contributed by atoms with Crippen LogP contribution in [0.2, 0.25) is 0 Å². The molecule has 0 aliphatic carbocycles. The van der Waals surface area contributed by atoms with Crippen LogP contribution in [0.5, 0.6) is 0 Å². The highest BCUT2D eigenvalue weighted by atomic mass is 16.5. The van der Waals surface area contributed by atoms with Crippen LogP contribution in [-0.2, 0) is 22.7 Å². The Morgan fingerprint density at radius 2 is 2.39 bits per heavy atom. The quantitative estimate of drug-likeness (QED) is 0.759. The van der Waals surface area contributed by atoms with Crippen molar-refractivity contribution in [3.63, 3.8) is 0 Å². The van der Waals surface area contributed by atoms with Crippen LogP contribution >= 0.6 is 0 Å². The fourth-order valence-corrected chi connectivity index (χ4v) is 1.81. The zero-order valence-electron chi connectivity index (χ0n) is 11.0. The molecule has 0 spiro atoms. The second kappa shape index (κ2) is 7.13. The van der Waals surface area contributed by atoms with Crippen molar-refractivity contribution < 1.29 is 19.2 Å². The maximum absolute atomic E-state index is 10.7. The Balaban J connectivity index is 2.58. The van der Waals surface area contributed by atoms with Gasteiger partial charge in [-0.1, -0.05) is 12.1 Å². The zero-order chi connectivity index (χ0) is 13.5. The van der Waals surface area contributed by atoms with Gasteiger partial charge in [0.25, 0.3) is 0 Å². The van der Waals surface area contributed by atoms with Crippen molar-refractivity contribution in [1.82, 2.24) is 10.1 Å². The third kappa shape index (κ3) is 4.46. The summed E-state index contributed by atoms with van der Waals surface area (Å²) < 4.78 is 10.0. The Morgan fingerprint density at radius 3 is 2.94 bits per heavy atom. The van der Waals surface area contributed by atoms with Gasteiger partial charge in [-0.25, -0.2) is 0 Å². The van der Waals surface area contributed by atoms with E-state index in [9.17, 15) is 4.79 Å². The van der Waals surface area contributed by atoms with Crippen molar-refractivity contribution in [3.8, 4) is 0 Å². The van der Waals surface area contributed by atoms with Gasteiger partial charge in [0, 0.05) is 25.8 Å². The predicted molar refractivity (Wildman–Crippen MR) is 65.0 cm³/mol. The molecule has 1 atom stereocenters. The number of aliphatic carboxylic acids is 1. The number of aromatic nitrogens is 1. The van der Waals surface area contributed by atoms with Crippen LogP contribution in [0.1, 0.15) is 31.7 Å². The summed E-state index contributed by atoms with van der Waals surface area (Å²) in [5.74, 6) is -0.115. The molecule has 0 bridgehead atoms.